The zero-order chi connectivity index (χ0) is 18.0. The Morgan fingerprint density at radius 2 is 2.04 bits per heavy atom. The summed E-state index contributed by atoms with van der Waals surface area (Å²) in [7, 11) is 0. The SMILES string of the molecule is CC(C)Cn1cc(-c2cccc3cc(C(=O)N=C(N)N)ccc23)cn1. The first kappa shape index (κ1) is 16.7. The van der Waals surface area contributed by atoms with Crippen LogP contribution in [0.3, 0.4) is 0 Å². The summed E-state index contributed by atoms with van der Waals surface area (Å²) in [4.78, 5) is 15.6. The van der Waals surface area contributed by atoms with E-state index in [1.807, 2.05) is 35.3 Å². The molecule has 3 rings (SSSR count). The molecule has 0 fully saturated rings. The van der Waals surface area contributed by atoms with E-state index in [-0.39, 0.29) is 5.96 Å². The number of aliphatic imine (C=N–C) groups is 1. The third kappa shape index (κ3) is 3.68. The second kappa shape index (κ2) is 6.76. The van der Waals surface area contributed by atoms with E-state index in [1.165, 1.54) is 0 Å². The van der Waals surface area contributed by atoms with E-state index in [9.17, 15) is 4.79 Å². The van der Waals surface area contributed by atoms with Crippen LogP contribution in [0.1, 0.15) is 24.2 Å². The molecular formula is C19H21N5O. The summed E-state index contributed by atoms with van der Waals surface area (Å²) in [5, 5.41) is 6.43. The number of nitrogens with zero attached hydrogens (tertiary/aromatic N) is 3. The molecule has 0 saturated heterocycles. The summed E-state index contributed by atoms with van der Waals surface area (Å²) >= 11 is 0. The van der Waals surface area contributed by atoms with Crippen LogP contribution < -0.4 is 11.5 Å². The first-order valence-corrected chi connectivity index (χ1v) is 8.13. The first-order valence-electron chi connectivity index (χ1n) is 8.13. The van der Waals surface area contributed by atoms with Crippen LogP contribution in [0.15, 0.2) is 53.8 Å². The molecule has 0 radical (unpaired) electrons. The smallest absolute Gasteiger partial charge is 0.280 e. The molecular weight excluding hydrogens is 314 g/mol. The molecule has 4 N–H and O–H groups in total. The van der Waals surface area contributed by atoms with E-state index >= 15 is 0 Å². The Balaban J connectivity index is 2.02. The number of aromatic nitrogens is 2. The normalized spacial score (nSPS) is 11.0. The van der Waals surface area contributed by atoms with Crippen LogP contribution in [0, 0.1) is 5.92 Å². The van der Waals surface area contributed by atoms with Gasteiger partial charge in [-0.3, -0.25) is 9.48 Å². The van der Waals surface area contributed by atoms with Gasteiger partial charge < -0.3 is 11.5 Å². The number of fused-ring (bicyclic) bond motifs is 1. The van der Waals surface area contributed by atoms with Crippen molar-refractivity contribution < 1.29 is 4.79 Å². The number of hydrogen-bond donors (Lipinski definition) is 2. The molecule has 0 aliphatic heterocycles. The van der Waals surface area contributed by atoms with Gasteiger partial charge in [0, 0.05) is 23.9 Å². The van der Waals surface area contributed by atoms with Gasteiger partial charge in [-0.1, -0.05) is 38.1 Å². The molecule has 25 heavy (non-hydrogen) atoms. The molecule has 6 nitrogen and oxygen atoms in total. The maximum Gasteiger partial charge on any atom is 0.280 e. The molecule has 128 valence electrons. The van der Waals surface area contributed by atoms with Crippen molar-refractivity contribution in [1.29, 1.82) is 0 Å². The second-order valence-electron chi connectivity index (χ2n) is 6.43. The van der Waals surface area contributed by atoms with Crippen molar-refractivity contribution in [2.45, 2.75) is 20.4 Å². The van der Waals surface area contributed by atoms with E-state index in [1.54, 1.807) is 12.1 Å². The Labute approximate surface area is 146 Å². The minimum absolute atomic E-state index is 0.239. The van der Waals surface area contributed by atoms with Crippen LogP contribution in [-0.2, 0) is 6.54 Å². The number of rotatable bonds is 4. The van der Waals surface area contributed by atoms with Crippen LogP contribution in [0.4, 0.5) is 0 Å². The predicted octanol–water partition coefficient (Wildman–Crippen LogP) is 2.77. The van der Waals surface area contributed by atoms with Crippen molar-refractivity contribution >= 4 is 22.6 Å². The van der Waals surface area contributed by atoms with Crippen LogP contribution in [0.25, 0.3) is 21.9 Å². The van der Waals surface area contributed by atoms with Crippen LogP contribution >= 0.6 is 0 Å². The first-order chi connectivity index (χ1) is 11.9. The minimum Gasteiger partial charge on any atom is -0.370 e. The molecule has 0 saturated carbocycles. The van der Waals surface area contributed by atoms with Gasteiger partial charge in [-0.2, -0.15) is 10.1 Å². The quantitative estimate of drug-likeness (QED) is 0.565. The summed E-state index contributed by atoms with van der Waals surface area (Å²) in [6.45, 7) is 5.20. The Bertz CT molecular complexity index is 951. The highest BCUT2D eigenvalue weighted by Gasteiger charge is 2.10. The molecule has 2 aromatic carbocycles. The van der Waals surface area contributed by atoms with Crippen molar-refractivity contribution in [1.82, 2.24) is 9.78 Å². The van der Waals surface area contributed by atoms with Gasteiger partial charge in [0.25, 0.3) is 5.91 Å². The van der Waals surface area contributed by atoms with Gasteiger partial charge in [-0.15, -0.1) is 0 Å². The lowest BCUT2D eigenvalue weighted by molar-refractivity contribution is 0.100. The van der Waals surface area contributed by atoms with Crippen molar-refractivity contribution in [2.75, 3.05) is 0 Å². The predicted molar refractivity (Wildman–Crippen MR) is 100 cm³/mol. The molecule has 6 heteroatoms. The van der Waals surface area contributed by atoms with Gasteiger partial charge in [0.15, 0.2) is 5.96 Å². The molecule has 1 aromatic heterocycles. The number of carbonyl (C=O) groups excluding carboxylic acids is 1. The molecule has 1 heterocycles. The van der Waals surface area contributed by atoms with E-state index in [0.717, 1.165) is 28.4 Å². The van der Waals surface area contributed by atoms with Crippen molar-refractivity contribution in [3.63, 3.8) is 0 Å². The molecule has 0 aliphatic rings. The maximum absolute atomic E-state index is 12.0. The Morgan fingerprint density at radius 1 is 1.24 bits per heavy atom. The highest BCUT2D eigenvalue weighted by atomic mass is 16.1. The number of benzene rings is 2. The highest BCUT2D eigenvalue weighted by Crippen LogP contribution is 2.29. The maximum atomic E-state index is 12.0. The van der Waals surface area contributed by atoms with Crippen molar-refractivity contribution in [3.8, 4) is 11.1 Å². The average molecular weight is 335 g/mol. The van der Waals surface area contributed by atoms with Gasteiger partial charge in [0.1, 0.15) is 0 Å². The number of guanidine groups is 1. The van der Waals surface area contributed by atoms with E-state index in [2.05, 4.69) is 30.0 Å². The summed E-state index contributed by atoms with van der Waals surface area (Å²) in [5.41, 5.74) is 13.1. The highest BCUT2D eigenvalue weighted by molar-refractivity contribution is 6.06. The standard InChI is InChI=1S/C19H21N5O/c1-12(2)10-24-11-15(9-22-24)16-5-3-4-13-8-14(6-7-17(13)16)18(25)23-19(20)21/h3-9,11-12H,10H2,1-2H3,(H4,20,21,23,25). The van der Waals surface area contributed by atoms with Crippen LogP contribution in [0.5, 0.6) is 0 Å². The Morgan fingerprint density at radius 3 is 2.76 bits per heavy atom. The van der Waals surface area contributed by atoms with E-state index < -0.39 is 5.91 Å². The Kier molecular flexibility index (Phi) is 4.52. The summed E-state index contributed by atoms with van der Waals surface area (Å²) in [6.07, 6.45) is 3.92. The molecule has 0 atom stereocenters. The second-order valence-corrected chi connectivity index (χ2v) is 6.43. The van der Waals surface area contributed by atoms with Crippen LogP contribution in [-0.4, -0.2) is 21.6 Å². The monoisotopic (exact) mass is 335 g/mol. The molecule has 0 aliphatic carbocycles. The van der Waals surface area contributed by atoms with Gasteiger partial charge in [-0.05, 0) is 34.4 Å². The topological polar surface area (TPSA) is 99.3 Å². The fraction of sp³-hybridized carbons (Fsp3) is 0.211. The Hall–Kier alpha value is -3.15. The molecule has 1 amide bonds. The van der Waals surface area contributed by atoms with E-state index in [4.69, 9.17) is 11.5 Å². The fourth-order valence-corrected chi connectivity index (χ4v) is 2.83. The minimum atomic E-state index is -0.447. The summed E-state index contributed by atoms with van der Waals surface area (Å²) in [6, 6.07) is 11.4. The number of hydrogen-bond acceptors (Lipinski definition) is 2. The largest absolute Gasteiger partial charge is 0.370 e. The molecule has 3 aromatic rings. The lowest BCUT2D eigenvalue weighted by Crippen LogP contribution is -2.24. The van der Waals surface area contributed by atoms with Crippen LogP contribution in [0.2, 0.25) is 0 Å². The average Bonchev–Trinajstić information content (AvgIpc) is 3.00. The lowest BCUT2D eigenvalue weighted by Gasteiger charge is -2.06. The van der Waals surface area contributed by atoms with Gasteiger partial charge in [0.05, 0.1) is 6.20 Å². The number of amides is 1. The zero-order valence-corrected chi connectivity index (χ0v) is 14.3. The number of carbonyl (C=O) groups is 1. The summed E-state index contributed by atoms with van der Waals surface area (Å²) in [5.74, 6) is -0.155. The van der Waals surface area contributed by atoms with Gasteiger partial charge in [0.2, 0.25) is 0 Å². The van der Waals surface area contributed by atoms with Crippen molar-refractivity contribution in [2.24, 2.45) is 22.4 Å². The van der Waals surface area contributed by atoms with Gasteiger partial charge >= 0.3 is 0 Å². The zero-order valence-electron chi connectivity index (χ0n) is 14.3. The molecule has 0 unspecified atom stereocenters. The molecule has 0 spiro atoms. The molecule has 0 bridgehead atoms. The van der Waals surface area contributed by atoms with E-state index in [0.29, 0.717) is 11.5 Å². The fourth-order valence-electron chi connectivity index (χ4n) is 2.83. The van der Waals surface area contributed by atoms with Crippen molar-refractivity contribution in [3.05, 3.63) is 54.4 Å². The lowest BCUT2D eigenvalue weighted by atomic mass is 9.99. The summed E-state index contributed by atoms with van der Waals surface area (Å²) < 4.78 is 1.95. The third-order valence-corrected chi connectivity index (χ3v) is 3.85. The third-order valence-electron chi connectivity index (χ3n) is 3.85. The number of nitrogens with two attached hydrogens (primary N) is 2. The van der Waals surface area contributed by atoms with Gasteiger partial charge in [-0.25, -0.2) is 0 Å².